The number of aromatic nitrogens is 5. The number of thioether (sulfide) groups is 1. The van der Waals surface area contributed by atoms with Crippen molar-refractivity contribution in [2.45, 2.75) is 17.8 Å². The number of hydrogen-bond donors (Lipinski definition) is 1. The molecule has 0 aliphatic rings. The molecular weight excluding hydrogens is 268 g/mol. The maximum Gasteiger partial charge on any atom is 0.237 e. The van der Waals surface area contributed by atoms with Crippen molar-refractivity contribution in [2.24, 2.45) is 0 Å². The van der Waals surface area contributed by atoms with Crippen molar-refractivity contribution < 1.29 is 8.94 Å². The summed E-state index contributed by atoms with van der Waals surface area (Å²) in [4.78, 5) is 4.10. The number of nitrogens with zero attached hydrogens (tertiary/aromatic N) is 5. The predicted octanol–water partition coefficient (Wildman–Crippen LogP) is 1.24. The molecule has 8 nitrogen and oxygen atoms in total. The number of nitrogens with two attached hydrogens (primary N) is 1. The lowest BCUT2D eigenvalue weighted by atomic mass is 10.4. The Morgan fingerprint density at radius 1 is 1.42 bits per heavy atom. The Morgan fingerprint density at radius 2 is 2.32 bits per heavy atom. The second-order valence-corrected chi connectivity index (χ2v) is 4.62. The first-order chi connectivity index (χ1) is 9.24. The summed E-state index contributed by atoms with van der Waals surface area (Å²) in [5.74, 6) is 8.54. The van der Waals surface area contributed by atoms with E-state index >= 15 is 0 Å². The first-order valence-corrected chi connectivity index (χ1v) is 6.39. The van der Waals surface area contributed by atoms with Crippen LogP contribution in [0.25, 0.3) is 11.6 Å². The van der Waals surface area contributed by atoms with Gasteiger partial charge >= 0.3 is 0 Å². The van der Waals surface area contributed by atoms with Crippen LogP contribution in [-0.4, -0.2) is 25.0 Å². The molecule has 19 heavy (non-hydrogen) atoms. The summed E-state index contributed by atoms with van der Waals surface area (Å²) in [6.45, 7) is 1.76. The summed E-state index contributed by atoms with van der Waals surface area (Å²) in [7, 11) is 0. The average Bonchev–Trinajstić information content (AvgIpc) is 3.09. The van der Waals surface area contributed by atoms with E-state index in [0.29, 0.717) is 34.2 Å². The molecule has 0 amide bonds. The van der Waals surface area contributed by atoms with Crippen LogP contribution in [0, 0.1) is 6.92 Å². The van der Waals surface area contributed by atoms with Crippen LogP contribution >= 0.6 is 11.8 Å². The molecule has 0 atom stereocenters. The summed E-state index contributed by atoms with van der Waals surface area (Å²) < 4.78 is 11.6. The summed E-state index contributed by atoms with van der Waals surface area (Å²) in [5, 5.41) is 12.2. The van der Waals surface area contributed by atoms with Gasteiger partial charge in [-0.25, -0.2) is 4.68 Å². The summed E-state index contributed by atoms with van der Waals surface area (Å²) in [5.41, 5.74) is 0. The molecule has 9 heteroatoms. The average molecular weight is 278 g/mol. The van der Waals surface area contributed by atoms with Crippen molar-refractivity contribution >= 4 is 11.8 Å². The first kappa shape index (κ1) is 11.8. The van der Waals surface area contributed by atoms with Crippen molar-refractivity contribution in [1.29, 1.82) is 0 Å². The Labute approximate surface area is 112 Å². The quantitative estimate of drug-likeness (QED) is 0.560. The van der Waals surface area contributed by atoms with Gasteiger partial charge in [-0.3, -0.25) is 0 Å². The maximum atomic E-state index is 5.91. The molecule has 2 N–H and O–H groups in total. The molecule has 98 valence electrons. The van der Waals surface area contributed by atoms with E-state index in [1.165, 1.54) is 16.4 Å². The molecule has 3 aromatic rings. The largest absolute Gasteiger partial charge is 0.461 e. The minimum absolute atomic E-state index is 0.467. The molecule has 0 aliphatic heterocycles. The van der Waals surface area contributed by atoms with Gasteiger partial charge in [-0.15, -0.1) is 10.2 Å². The fourth-order valence-corrected chi connectivity index (χ4v) is 2.17. The zero-order valence-electron chi connectivity index (χ0n) is 9.98. The highest BCUT2D eigenvalue weighted by Crippen LogP contribution is 2.23. The lowest BCUT2D eigenvalue weighted by molar-refractivity contribution is 0.387. The van der Waals surface area contributed by atoms with Crippen molar-refractivity contribution in [3.63, 3.8) is 0 Å². The Kier molecular flexibility index (Phi) is 2.95. The molecule has 0 saturated heterocycles. The van der Waals surface area contributed by atoms with Crippen LogP contribution in [0.15, 0.2) is 32.5 Å². The van der Waals surface area contributed by atoms with Crippen molar-refractivity contribution in [2.75, 3.05) is 5.84 Å². The topological polar surface area (TPSA) is 109 Å². The highest BCUT2D eigenvalue weighted by Gasteiger charge is 2.15. The molecule has 3 rings (SSSR count). The highest BCUT2D eigenvalue weighted by atomic mass is 32.2. The monoisotopic (exact) mass is 278 g/mol. The Bertz CT molecular complexity index is 674. The molecule has 0 radical (unpaired) electrons. The van der Waals surface area contributed by atoms with E-state index in [9.17, 15) is 0 Å². The molecule has 0 saturated carbocycles. The lowest BCUT2D eigenvalue weighted by Crippen LogP contribution is -2.11. The molecule has 0 unspecified atom stereocenters. The zero-order chi connectivity index (χ0) is 13.2. The molecule has 3 aromatic heterocycles. The third-order valence-electron chi connectivity index (χ3n) is 2.30. The van der Waals surface area contributed by atoms with Crippen LogP contribution in [0.4, 0.5) is 0 Å². The van der Waals surface area contributed by atoms with Gasteiger partial charge in [-0.2, -0.15) is 4.98 Å². The minimum atomic E-state index is 0.467. The van der Waals surface area contributed by atoms with E-state index in [-0.39, 0.29) is 0 Å². The molecular formula is C10H10N6O2S. The van der Waals surface area contributed by atoms with Gasteiger partial charge in [0.1, 0.15) is 0 Å². The van der Waals surface area contributed by atoms with E-state index in [1.54, 1.807) is 25.3 Å². The third-order valence-corrected chi connectivity index (χ3v) is 3.23. The standard InChI is InChI=1S/C10H10N6O2S/c1-6-12-8(18-15-6)5-19-10-14-13-9(16(10)11)7-3-2-4-17-7/h2-4H,5,11H2,1H3. The van der Waals surface area contributed by atoms with Crippen LogP contribution < -0.4 is 5.84 Å². The maximum absolute atomic E-state index is 5.91. The Hall–Kier alpha value is -2.29. The number of nitrogen functional groups attached to an aromatic ring is 1. The Morgan fingerprint density at radius 3 is 3.00 bits per heavy atom. The lowest BCUT2D eigenvalue weighted by Gasteiger charge is -1.99. The van der Waals surface area contributed by atoms with Crippen LogP contribution in [0.2, 0.25) is 0 Å². The molecule has 0 aliphatic carbocycles. The van der Waals surface area contributed by atoms with E-state index in [0.717, 1.165) is 0 Å². The molecule has 0 fully saturated rings. The summed E-state index contributed by atoms with van der Waals surface area (Å²) in [6, 6.07) is 3.53. The second kappa shape index (κ2) is 4.76. The molecule has 3 heterocycles. The zero-order valence-corrected chi connectivity index (χ0v) is 10.8. The molecule has 0 spiro atoms. The van der Waals surface area contributed by atoms with Gasteiger partial charge < -0.3 is 14.8 Å². The van der Waals surface area contributed by atoms with Gasteiger partial charge in [-0.1, -0.05) is 16.9 Å². The fourth-order valence-electron chi connectivity index (χ4n) is 1.47. The van der Waals surface area contributed by atoms with E-state index in [2.05, 4.69) is 20.3 Å². The normalized spacial score (nSPS) is 11.0. The molecule has 0 aromatic carbocycles. The van der Waals surface area contributed by atoms with Crippen LogP contribution in [0.5, 0.6) is 0 Å². The van der Waals surface area contributed by atoms with Crippen LogP contribution in [0.1, 0.15) is 11.7 Å². The van der Waals surface area contributed by atoms with Gasteiger partial charge in [0.05, 0.1) is 12.0 Å². The van der Waals surface area contributed by atoms with E-state index in [4.69, 9.17) is 14.8 Å². The van der Waals surface area contributed by atoms with E-state index in [1.807, 2.05) is 0 Å². The SMILES string of the molecule is Cc1noc(CSc2nnc(-c3ccco3)n2N)n1. The number of furan rings is 1. The van der Waals surface area contributed by atoms with Crippen molar-refractivity contribution in [3.8, 4) is 11.6 Å². The highest BCUT2D eigenvalue weighted by molar-refractivity contribution is 7.98. The minimum Gasteiger partial charge on any atom is -0.461 e. The second-order valence-electron chi connectivity index (χ2n) is 3.68. The van der Waals surface area contributed by atoms with Crippen LogP contribution in [0.3, 0.4) is 0 Å². The van der Waals surface area contributed by atoms with Gasteiger partial charge in [0, 0.05) is 0 Å². The van der Waals surface area contributed by atoms with Crippen LogP contribution in [-0.2, 0) is 5.75 Å². The van der Waals surface area contributed by atoms with Crippen molar-refractivity contribution in [1.82, 2.24) is 25.0 Å². The first-order valence-electron chi connectivity index (χ1n) is 5.40. The smallest absolute Gasteiger partial charge is 0.237 e. The predicted molar refractivity (Wildman–Crippen MR) is 66.5 cm³/mol. The van der Waals surface area contributed by atoms with Crippen molar-refractivity contribution in [3.05, 3.63) is 30.1 Å². The van der Waals surface area contributed by atoms with Gasteiger partial charge in [-0.05, 0) is 19.1 Å². The van der Waals surface area contributed by atoms with Gasteiger partial charge in [0.15, 0.2) is 11.6 Å². The number of rotatable bonds is 4. The number of aryl methyl sites for hydroxylation is 1. The molecule has 0 bridgehead atoms. The third kappa shape index (κ3) is 2.32. The van der Waals surface area contributed by atoms with E-state index < -0.39 is 0 Å². The number of hydrogen-bond acceptors (Lipinski definition) is 8. The summed E-state index contributed by atoms with van der Waals surface area (Å²) >= 11 is 1.36. The fraction of sp³-hybridized carbons (Fsp3) is 0.200. The van der Waals surface area contributed by atoms with Gasteiger partial charge in [0.2, 0.25) is 16.9 Å². The Balaban J connectivity index is 1.75. The van der Waals surface area contributed by atoms with Gasteiger partial charge in [0.25, 0.3) is 0 Å². The summed E-state index contributed by atoms with van der Waals surface area (Å²) in [6.07, 6.45) is 1.55.